The van der Waals surface area contributed by atoms with Crippen LogP contribution in [0.5, 0.6) is 0 Å². The number of imidazole rings is 1. The Morgan fingerprint density at radius 1 is 1.29 bits per heavy atom. The van der Waals surface area contributed by atoms with Crippen LogP contribution in [0.3, 0.4) is 0 Å². The molecule has 11 nitrogen and oxygen atoms in total. The normalized spacial score (nSPS) is 30.9. The van der Waals surface area contributed by atoms with Crippen LogP contribution in [0.4, 0.5) is 5.82 Å². The Bertz CT molecular complexity index is 650. The number of fused-ring (bicyclic) bond motifs is 1. The number of aliphatic hydroxyl groups excluding tert-OH is 3. The molecule has 0 radical (unpaired) electrons. The molecule has 114 valence electrons. The second kappa shape index (κ2) is 5.14. The second-order valence-electron chi connectivity index (χ2n) is 4.55. The van der Waals surface area contributed by atoms with E-state index < -0.39 is 30.8 Å². The van der Waals surface area contributed by atoms with Gasteiger partial charge in [0, 0.05) is 0 Å². The minimum Gasteiger partial charge on any atom is -0.387 e. The lowest BCUT2D eigenvalue weighted by Crippen LogP contribution is -2.39. The standard InChI is InChI=1S/C10H13N5O6/c11-7-3-8(13-1-12-7)15(2-14-3)9-5(17)4(16)6(20-9)10(18)21-19/h1-2,4-6,9-10,16-19H,(H2,11,12,13)/t4-,5+,6-,9+,10?/m0/s1. The molecule has 0 aromatic carbocycles. The van der Waals surface area contributed by atoms with Crippen LogP contribution in [0.25, 0.3) is 11.2 Å². The van der Waals surface area contributed by atoms with Crippen molar-refractivity contribution in [3.8, 4) is 0 Å². The van der Waals surface area contributed by atoms with Gasteiger partial charge >= 0.3 is 0 Å². The molecule has 0 aliphatic carbocycles. The maximum absolute atomic E-state index is 10.0. The number of anilines is 1. The number of aromatic nitrogens is 4. The van der Waals surface area contributed by atoms with Gasteiger partial charge in [0.15, 0.2) is 17.7 Å². The van der Waals surface area contributed by atoms with E-state index in [1.54, 1.807) is 0 Å². The fourth-order valence-electron chi connectivity index (χ4n) is 2.27. The molecule has 2 aromatic heterocycles. The van der Waals surface area contributed by atoms with E-state index >= 15 is 0 Å². The molecule has 0 saturated carbocycles. The zero-order valence-electron chi connectivity index (χ0n) is 10.5. The molecule has 1 aliphatic heterocycles. The number of nitrogens with zero attached hydrogens (tertiary/aromatic N) is 4. The number of nitrogens with two attached hydrogens (primary N) is 1. The summed E-state index contributed by atoms with van der Waals surface area (Å²) >= 11 is 0. The maximum Gasteiger partial charge on any atom is 0.217 e. The van der Waals surface area contributed by atoms with Gasteiger partial charge in [0.25, 0.3) is 0 Å². The van der Waals surface area contributed by atoms with E-state index in [1.165, 1.54) is 17.2 Å². The largest absolute Gasteiger partial charge is 0.387 e. The number of ether oxygens (including phenoxy) is 1. The molecular formula is C10H13N5O6. The van der Waals surface area contributed by atoms with Gasteiger partial charge in [-0.2, -0.15) is 0 Å². The first-order valence-electron chi connectivity index (χ1n) is 5.97. The molecule has 0 bridgehead atoms. The lowest BCUT2D eigenvalue weighted by Gasteiger charge is -2.17. The van der Waals surface area contributed by atoms with Gasteiger partial charge in [-0.1, -0.05) is 0 Å². The molecule has 1 saturated heterocycles. The van der Waals surface area contributed by atoms with Crippen molar-refractivity contribution in [3.63, 3.8) is 0 Å². The maximum atomic E-state index is 10.0. The van der Waals surface area contributed by atoms with Gasteiger partial charge in [-0.15, -0.1) is 0 Å². The van der Waals surface area contributed by atoms with Crippen molar-refractivity contribution < 1.29 is 30.2 Å². The molecule has 3 heterocycles. The average Bonchev–Trinajstić information content (AvgIpc) is 3.02. The summed E-state index contributed by atoms with van der Waals surface area (Å²) in [5.41, 5.74) is 6.26. The number of nitrogen functional groups attached to an aromatic ring is 1. The van der Waals surface area contributed by atoms with Crippen LogP contribution in [0.15, 0.2) is 12.7 Å². The van der Waals surface area contributed by atoms with Crippen molar-refractivity contribution in [3.05, 3.63) is 12.7 Å². The van der Waals surface area contributed by atoms with Crippen molar-refractivity contribution >= 4 is 17.0 Å². The van der Waals surface area contributed by atoms with E-state index in [9.17, 15) is 15.3 Å². The van der Waals surface area contributed by atoms with Crippen molar-refractivity contribution in [2.75, 3.05) is 5.73 Å². The van der Waals surface area contributed by atoms with Crippen LogP contribution >= 0.6 is 0 Å². The van der Waals surface area contributed by atoms with Gasteiger partial charge in [0.2, 0.25) is 6.29 Å². The second-order valence-corrected chi connectivity index (χ2v) is 4.55. The van der Waals surface area contributed by atoms with Gasteiger partial charge in [-0.05, 0) is 0 Å². The lowest BCUT2D eigenvalue weighted by molar-refractivity contribution is -0.361. The van der Waals surface area contributed by atoms with Crippen LogP contribution in [-0.4, -0.2) is 64.7 Å². The molecule has 1 aliphatic rings. The van der Waals surface area contributed by atoms with Gasteiger partial charge in [0.1, 0.15) is 30.2 Å². The zero-order chi connectivity index (χ0) is 15.1. The fourth-order valence-corrected chi connectivity index (χ4v) is 2.27. The van der Waals surface area contributed by atoms with E-state index in [0.717, 1.165) is 0 Å². The third kappa shape index (κ3) is 2.12. The molecule has 2 aromatic rings. The summed E-state index contributed by atoms with van der Waals surface area (Å²) < 4.78 is 6.66. The van der Waals surface area contributed by atoms with E-state index in [0.29, 0.717) is 11.2 Å². The number of aliphatic hydroxyl groups is 3. The van der Waals surface area contributed by atoms with Gasteiger partial charge in [0.05, 0.1) is 6.33 Å². The molecule has 3 rings (SSSR count). The number of rotatable bonds is 3. The topological polar surface area (TPSA) is 169 Å². The SMILES string of the molecule is Nc1ncnc2c1ncn2[C@@H]1O[C@H](C(O)OO)[C@@H](O)[C@H]1O. The molecular weight excluding hydrogens is 286 g/mol. The van der Waals surface area contributed by atoms with Crippen molar-refractivity contribution in [2.45, 2.75) is 30.8 Å². The van der Waals surface area contributed by atoms with Crippen molar-refractivity contribution in [1.29, 1.82) is 0 Å². The summed E-state index contributed by atoms with van der Waals surface area (Å²) in [6.07, 6.45) is -4.58. The molecule has 0 amide bonds. The minimum atomic E-state index is -1.81. The Hall–Kier alpha value is -1.89. The first-order chi connectivity index (χ1) is 10.0. The zero-order valence-corrected chi connectivity index (χ0v) is 10.5. The van der Waals surface area contributed by atoms with Crippen LogP contribution < -0.4 is 5.73 Å². The highest BCUT2D eigenvalue weighted by Gasteiger charge is 2.48. The predicted octanol–water partition coefficient (Wildman–Crippen LogP) is -2.16. The third-order valence-electron chi connectivity index (χ3n) is 3.33. The van der Waals surface area contributed by atoms with E-state index in [4.69, 9.17) is 15.7 Å². The lowest BCUT2D eigenvalue weighted by atomic mass is 10.1. The quantitative estimate of drug-likeness (QED) is 0.239. The van der Waals surface area contributed by atoms with Gasteiger partial charge in [-0.25, -0.2) is 25.1 Å². The Morgan fingerprint density at radius 3 is 2.76 bits per heavy atom. The first kappa shape index (κ1) is 14.1. The molecule has 6 N–H and O–H groups in total. The summed E-state index contributed by atoms with van der Waals surface area (Å²) in [6.45, 7) is 0. The van der Waals surface area contributed by atoms with Crippen LogP contribution in [-0.2, 0) is 9.62 Å². The Labute approximate surface area is 117 Å². The minimum absolute atomic E-state index is 0.155. The molecule has 5 atom stereocenters. The van der Waals surface area contributed by atoms with Crippen molar-refractivity contribution in [1.82, 2.24) is 19.5 Å². The monoisotopic (exact) mass is 299 g/mol. The summed E-state index contributed by atoms with van der Waals surface area (Å²) in [4.78, 5) is 15.5. The van der Waals surface area contributed by atoms with Crippen molar-refractivity contribution in [2.24, 2.45) is 0 Å². The van der Waals surface area contributed by atoms with Gasteiger partial charge < -0.3 is 25.8 Å². The Kier molecular flexibility index (Phi) is 3.44. The van der Waals surface area contributed by atoms with E-state index in [-0.39, 0.29) is 5.82 Å². The van der Waals surface area contributed by atoms with E-state index in [1.807, 2.05) is 0 Å². The molecule has 11 heteroatoms. The summed E-state index contributed by atoms with van der Waals surface area (Å²) in [5, 5.41) is 37.7. The van der Waals surface area contributed by atoms with Crippen LogP contribution in [0, 0.1) is 0 Å². The third-order valence-corrected chi connectivity index (χ3v) is 3.33. The Morgan fingerprint density at radius 2 is 2.05 bits per heavy atom. The van der Waals surface area contributed by atoms with Crippen LogP contribution in [0.2, 0.25) is 0 Å². The van der Waals surface area contributed by atoms with Gasteiger partial charge in [-0.3, -0.25) is 4.57 Å². The highest BCUT2D eigenvalue weighted by molar-refractivity contribution is 5.81. The predicted molar refractivity (Wildman–Crippen MR) is 65.4 cm³/mol. The molecule has 0 spiro atoms. The number of hydrogen-bond acceptors (Lipinski definition) is 10. The summed E-state index contributed by atoms with van der Waals surface area (Å²) in [6, 6.07) is 0. The summed E-state index contributed by atoms with van der Waals surface area (Å²) in [7, 11) is 0. The smallest absolute Gasteiger partial charge is 0.217 e. The highest BCUT2D eigenvalue weighted by atomic mass is 17.1. The van der Waals surface area contributed by atoms with Crippen LogP contribution in [0.1, 0.15) is 6.23 Å². The fraction of sp³-hybridized carbons (Fsp3) is 0.500. The average molecular weight is 299 g/mol. The molecule has 21 heavy (non-hydrogen) atoms. The Balaban J connectivity index is 1.98. The first-order valence-corrected chi connectivity index (χ1v) is 5.97. The highest BCUT2D eigenvalue weighted by Crippen LogP contribution is 2.33. The number of hydrogen-bond donors (Lipinski definition) is 5. The molecule has 1 fully saturated rings. The molecule has 1 unspecified atom stereocenters. The van der Waals surface area contributed by atoms with E-state index in [2.05, 4.69) is 19.8 Å². The summed E-state index contributed by atoms with van der Waals surface area (Å²) in [5.74, 6) is 0.155.